The molecular formula is C32H41N3O4S. The van der Waals surface area contributed by atoms with Crippen molar-refractivity contribution in [3.63, 3.8) is 0 Å². The summed E-state index contributed by atoms with van der Waals surface area (Å²) >= 11 is 0. The van der Waals surface area contributed by atoms with Gasteiger partial charge in [-0.05, 0) is 77.3 Å². The predicted octanol–water partition coefficient (Wildman–Crippen LogP) is 5.45. The molecular weight excluding hydrogens is 522 g/mol. The van der Waals surface area contributed by atoms with Crippen molar-refractivity contribution in [3.8, 4) is 0 Å². The van der Waals surface area contributed by atoms with E-state index in [9.17, 15) is 18.0 Å². The maximum atomic E-state index is 14.1. The number of aryl methyl sites for hydroxylation is 4. The Morgan fingerprint density at radius 2 is 1.48 bits per heavy atom. The third-order valence-electron chi connectivity index (χ3n) is 7.11. The number of benzene rings is 3. The Bertz CT molecular complexity index is 1450. The molecule has 0 unspecified atom stereocenters. The summed E-state index contributed by atoms with van der Waals surface area (Å²) in [6.07, 6.45) is 0.750. The third kappa shape index (κ3) is 7.50. The Morgan fingerprint density at radius 3 is 2.08 bits per heavy atom. The second kappa shape index (κ2) is 13.1. The molecule has 0 bridgehead atoms. The zero-order chi connectivity index (χ0) is 29.6. The minimum absolute atomic E-state index is 0.0560. The quantitative estimate of drug-likeness (QED) is 0.336. The maximum absolute atomic E-state index is 14.1. The fourth-order valence-corrected chi connectivity index (χ4v) is 5.97. The molecule has 0 aromatic heterocycles. The van der Waals surface area contributed by atoms with E-state index in [-0.39, 0.29) is 23.4 Å². The number of amides is 2. The van der Waals surface area contributed by atoms with Crippen LogP contribution in [0.25, 0.3) is 0 Å². The lowest BCUT2D eigenvalue weighted by molar-refractivity contribution is -0.139. The summed E-state index contributed by atoms with van der Waals surface area (Å²) in [5, 5.41) is 2.96. The van der Waals surface area contributed by atoms with Crippen molar-refractivity contribution in [2.24, 2.45) is 0 Å². The Balaban J connectivity index is 2.06. The fraction of sp³-hybridized carbons (Fsp3) is 0.375. The van der Waals surface area contributed by atoms with E-state index in [0.717, 1.165) is 38.5 Å². The molecule has 7 nitrogen and oxygen atoms in total. The SMILES string of the molecule is CC[C@H](C)NC(=O)[C@H](C)N(Cc1cccc(C)c1)C(=O)CN(c1ccc(C)cc1C)S(=O)(=O)c1ccc(C)cc1. The minimum atomic E-state index is -4.10. The van der Waals surface area contributed by atoms with Crippen LogP contribution in [-0.4, -0.2) is 43.8 Å². The van der Waals surface area contributed by atoms with Crippen molar-refractivity contribution in [1.29, 1.82) is 0 Å². The normalized spacial score (nSPS) is 12.9. The average Bonchev–Trinajstić information content (AvgIpc) is 2.90. The van der Waals surface area contributed by atoms with Crippen LogP contribution in [0.1, 0.15) is 55.0 Å². The number of carbonyl (C=O) groups excluding carboxylic acids is 2. The summed E-state index contributed by atoms with van der Waals surface area (Å²) in [5.41, 5.74) is 4.95. The van der Waals surface area contributed by atoms with E-state index in [1.165, 1.54) is 4.90 Å². The van der Waals surface area contributed by atoms with Gasteiger partial charge in [0.05, 0.1) is 10.6 Å². The van der Waals surface area contributed by atoms with Crippen molar-refractivity contribution >= 4 is 27.5 Å². The number of nitrogens with zero attached hydrogens (tertiary/aromatic N) is 2. The van der Waals surface area contributed by atoms with Crippen molar-refractivity contribution in [2.75, 3.05) is 10.8 Å². The summed E-state index contributed by atoms with van der Waals surface area (Å²) in [7, 11) is -4.10. The fourth-order valence-electron chi connectivity index (χ4n) is 4.49. The summed E-state index contributed by atoms with van der Waals surface area (Å²) in [5.74, 6) is -0.751. The van der Waals surface area contributed by atoms with Crippen LogP contribution in [0.2, 0.25) is 0 Å². The molecule has 3 aromatic carbocycles. The Labute approximate surface area is 239 Å². The Hall–Kier alpha value is -3.65. The molecule has 3 rings (SSSR count). The van der Waals surface area contributed by atoms with Crippen LogP contribution >= 0.6 is 0 Å². The van der Waals surface area contributed by atoms with Crippen LogP contribution in [0.5, 0.6) is 0 Å². The van der Waals surface area contributed by atoms with Gasteiger partial charge >= 0.3 is 0 Å². The van der Waals surface area contributed by atoms with Crippen LogP contribution in [-0.2, 0) is 26.2 Å². The lowest BCUT2D eigenvalue weighted by atomic mass is 10.1. The van der Waals surface area contributed by atoms with Gasteiger partial charge < -0.3 is 10.2 Å². The summed E-state index contributed by atoms with van der Waals surface area (Å²) in [6.45, 7) is 12.9. The third-order valence-corrected chi connectivity index (χ3v) is 8.89. The van der Waals surface area contributed by atoms with Gasteiger partial charge in [-0.3, -0.25) is 13.9 Å². The second-order valence-electron chi connectivity index (χ2n) is 10.6. The molecule has 214 valence electrons. The molecule has 0 spiro atoms. The highest BCUT2D eigenvalue weighted by Crippen LogP contribution is 2.28. The first-order valence-corrected chi connectivity index (χ1v) is 15.1. The number of anilines is 1. The lowest BCUT2D eigenvalue weighted by Gasteiger charge is -2.33. The molecule has 2 amide bonds. The van der Waals surface area contributed by atoms with Gasteiger partial charge in [-0.1, -0.05) is 72.1 Å². The molecule has 0 fully saturated rings. The number of sulfonamides is 1. The van der Waals surface area contributed by atoms with Crippen LogP contribution in [0, 0.1) is 27.7 Å². The largest absolute Gasteiger partial charge is 0.352 e. The van der Waals surface area contributed by atoms with Crippen LogP contribution in [0.4, 0.5) is 5.69 Å². The van der Waals surface area contributed by atoms with Gasteiger partial charge in [0.15, 0.2) is 0 Å². The zero-order valence-corrected chi connectivity index (χ0v) is 25.4. The summed E-state index contributed by atoms with van der Waals surface area (Å²) in [4.78, 5) is 28.8. The van der Waals surface area contributed by atoms with Gasteiger partial charge in [-0.15, -0.1) is 0 Å². The standard InChI is InChI=1S/C32H41N3O4S/c1-8-26(6)33-32(37)27(7)34(20-28-11-9-10-23(3)19-28)31(36)21-35(30-17-14-24(4)18-25(30)5)40(38,39)29-15-12-22(2)13-16-29/h9-19,26-27H,8,20-21H2,1-7H3,(H,33,37)/t26-,27-/m0/s1. The molecule has 0 heterocycles. The average molecular weight is 564 g/mol. The lowest BCUT2D eigenvalue weighted by Crippen LogP contribution is -2.52. The molecule has 8 heteroatoms. The van der Waals surface area contributed by atoms with Crippen LogP contribution in [0.3, 0.4) is 0 Å². The van der Waals surface area contributed by atoms with Crippen molar-refractivity contribution < 1.29 is 18.0 Å². The molecule has 0 aliphatic carbocycles. The number of hydrogen-bond acceptors (Lipinski definition) is 4. The van der Waals surface area contributed by atoms with E-state index in [4.69, 9.17) is 0 Å². The van der Waals surface area contributed by atoms with Crippen LogP contribution < -0.4 is 9.62 Å². The predicted molar refractivity (Wildman–Crippen MR) is 161 cm³/mol. The molecule has 0 aliphatic rings. The number of nitrogens with one attached hydrogen (secondary N) is 1. The van der Waals surface area contributed by atoms with Gasteiger partial charge in [0.25, 0.3) is 10.0 Å². The summed E-state index contributed by atoms with van der Waals surface area (Å²) < 4.78 is 29.2. The van der Waals surface area contributed by atoms with Crippen molar-refractivity contribution in [2.45, 2.75) is 78.4 Å². The first kappa shape index (κ1) is 30.9. The molecule has 0 saturated heterocycles. The molecule has 0 aliphatic heterocycles. The molecule has 1 N–H and O–H groups in total. The van der Waals surface area contributed by atoms with E-state index in [2.05, 4.69) is 5.32 Å². The van der Waals surface area contributed by atoms with Crippen molar-refractivity contribution in [3.05, 3.63) is 94.5 Å². The summed E-state index contributed by atoms with van der Waals surface area (Å²) in [6, 6.07) is 18.9. The van der Waals surface area contributed by atoms with E-state index >= 15 is 0 Å². The molecule has 0 saturated carbocycles. The smallest absolute Gasteiger partial charge is 0.264 e. The van der Waals surface area contributed by atoms with Gasteiger partial charge in [0.2, 0.25) is 11.8 Å². The number of carbonyl (C=O) groups is 2. The highest BCUT2D eigenvalue weighted by Gasteiger charge is 2.33. The first-order chi connectivity index (χ1) is 18.8. The van der Waals surface area contributed by atoms with Crippen molar-refractivity contribution in [1.82, 2.24) is 10.2 Å². The van der Waals surface area contributed by atoms with E-state index in [0.29, 0.717) is 5.69 Å². The van der Waals surface area contributed by atoms with Crippen LogP contribution in [0.15, 0.2) is 71.6 Å². The monoisotopic (exact) mass is 563 g/mol. The highest BCUT2D eigenvalue weighted by molar-refractivity contribution is 7.92. The van der Waals surface area contributed by atoms with Gasteiger partial charge in [0.1, 0.15) is 12.6 Å². The number of rotatable bonds is 11. The Kier molecular flexibility index (Phi) is 10.1. The molecule has 0 radical (unpaired) electrons. The Morgan fingerprint density at radius 1 is 0.850 bits per heavy atom. The molecule has 40 heavy (non-hydrogen) atoms. The zero-order valence-electron chi connectivity index (χ0n) is 24.6. The maximum Gasteiger partial charge on any atom is 0.264 e. The second-order valence-corrected chi connectivity index (χ2v) is 12.5. The minimum Gasteiger partial charge on any atom is -0.352 e. The molecule has 2 atom stereocenters. The van der Waals surface area contributed by atoms with E-state index in [1.54, 1.807) is 37.3 Å². The van der Waals surface area contributed by atoms with Gasteiger partial charge in [-0.2, -0.15) is 0 Å². The van der Waals surface area contributed by atoms with E-state index in [1.807, 2.05) is 77.9 Å². The first-order valence-electron chi connectivity index (χ1n) is 13.7. The molecule has 3 aromatic rings. The van der Waals surface area contributed by atoms with Gasteiger partial charge in [0, 0.05) is 12.6 Å². The van der Waals surface area contributed by atoms with Gasteiger partial charge in [-0.25, -0.2) is 8.42 Å². The van der Waals surface area contributed by atoms with E-state index < -0.39 is 28.5 Å². The topological polar surface area (TPSA) is 86.8 Å². The highest BCUT2D eigenvalue weighted by atomic mass is 32.2. The number of hydrogen-bond donors (Lipinski definition) is 1.